The monoisotopic (exact) mass is 172 g/mol. The lowest BCUT2D eigenvalue weighted by atomic mass is 9.93. The lowest BCUT2D eigenvalue weighted by Crippen LogP contribution is -2.23. The summed E-state index contributed by atoms with van der Waals surface area (Å²) in [5, 5.41) is 0. The van der Waals surface area contributed by atoms with E-state index in [4.69, 9.17) is 4.84 Å². The van der Waals surface area contributed by atoms with Gasteiger partial charge in [0.1, 0.15) is 5.84 Å². The third-order valence-corrected chi connectivity index (χ3v) is 1.51. The van der Waals surface area contributed by atoms with Gasteiger partial charge in [-0.2, -0.15) is 0 Å². The van der Waals surface area contributed by atoms with Gasteiger partial charge in [-0.05, 0) is 18.8 Å². The summed E-state index contributed by atoms with van der Waals surface area (Å²) in [4.78, 5) is 9.08. The van der Waals surface area contributed by atoms with Crippen LogP contribution in [0.2, 0.25) is 0 Å². The molecule has 72 valence electrons. The Kier molecular flexibility index (Phi) is 4.90. The molecule has 0 radical (unpaired) electrons. The first-order valence-electron chi connectivity index (χ1n) is 4.27. The maximum atomic E-state index is 5.18. The first-order valence-corrected chi connectivity index (χ1v) is 4.27. The fourth-order valence-corrected chi connectivity index (χ4v) is 0.558. The van der Waals surface area contributed by atoms with Crippen LogP contribution in [0.25, 0.3) is 0 Å². The molecule has 0 fully saturated rings. The number of hydroxylamine groups is 1. The van der Waals surface area contributed by atoms with Crippen molar-refractivity contribution in [3.05, 3.63) is 0 Å². The van der Waals surface area contributed by atoms with Crippen molar-refractivity contribution in [1.82, 2.24) is 5.48 Å². The maximum Gasteiger partial charge on any atom is 0.117 e. The molecule has 0 unspecified atom stereocenters. The van der Waals surface area contributed by atoms with Crippen LogP contribution < -0.4 is 5.48 Å². The van der Waals surface area contributed by atoms with Crippen molar-refractivity contribution in [2.24, 2.45) is 10.4 Å². The van der Waals surface area contributed by atoms with Gasteiger partial charge >= 0.3 is 0 Å². The Hall–Kier alpha value is -0.570. The minimum Gasteiger partial charge on any atom is -0.275 e. The SMILES string of the molecule is C/N=C(\C)NOCCC(C)(C)C. The van der Waals surface area contributed by atoms with Gasteiger partial charge in [0.15, 0.2) is 0 Å². The summed E-state index contributed by atoms with van der Waals surface area (Å²) >= 11 is 0. The molecular formula is C9H20N2O. The number of amidine groups is 1. The second-order valence-corrected chi connectivity index (χ2v) is 4.07. The van der Waals surface area contributed by atoms with Crippen molar-refractivity contribution in [2.45, 2.75) is 34.1 Å². The molecule has 0 spiro atoms. The lowest BCUT2D eigenvalue weighted by Gasteiger charge is -2.17. The highest BCUT2D eigenvalue weighted by Crippen LogP contribution is 2.17. The molecule has 3 nitrogen and oxygen atoms in total. The minimum absolute atomic E-state index is 0.332. The summed E-state index contributed by atoms with van der Waals surface area (Å²) < 4.78 is 0. The van der Waals surface area contributed by atoms with Gasteiger partial charge in [-0.15, -0.1) is 0 Å². The molecule has 0 aliphatic carbocycles. The number of rotatable bonds is 3. The van der Waals surface area contributed by atoms with E-state index >= 15 is 0 Å². The zero-order valence-corrected chi connectivity index (χ0v) is 8.77. The summed E-state index contributed by atoms with van der Waals surface area (Å²) in [5.41, 5.74) is 3.09. The molecule has 0 heterocycles. The average molecular weight is 172 g/mol. The van der Waals surface area contributed by atoms with Gasteiger partial charge in [-0.1, -0.05) is 20.8 Å². The van der Waals surface area contributed by atoms with Crippen molar-refractivity contribution < 1.29 is 4.84 Å². The van der Waals surface area contributed by atoms with Gasteiger partial charge in [-0.3, -0.25) is 15.3 Å². The minimum atomic E-state index is 0.332. The molecule has 0 aromatic heterocycles. The Morgan fingerprint density at radius 1 is 1.42 bits per heavy atom. The van der Waals surface area contributed by atoms with E-state index in [-0.39, 0.29) is 0 Å². The van der Waals surface area contributed by atoms with E-state index in [1.807, 2.05) is 6.92 Å². The number of nitrogens with zero attached hydrogens (tertiary/aromatic N) is 1. The van der Waals surface area contributed by atoms with E-state index in [2.05, 4.69) is 31.2 Å². The Balaban J connectivity index is 3.34. The number of hydrogen-bond acceptors (Lipinski definition) is 2. The third-order valence-electron chi connectivity index (χ3n) is 1.51. The molecule has 0 aliphatic rings. The first kappa shape index (κ1) is 11.4. The predicted molar refractivity (Wildman–Crippen MR) is 52.2 cm³/mol. The maximum absolute atomic E-state index is 5.18. The average Bonchev–Trinajstić information content (AvgIpc) is 1.96. The molecule has 0 rings (SSSR count). The fourth-order valence-electron chi connectivity index (χ4n) is 0.558. The Bertz CT molecular complexity index is 147. The van der Waals surface area contributed by atoms with Crippen LogP contribution in [-0.4, -0.2) is 19.5 Å². The van der Waals surface area contributed by atoms with Gasteiger partial charge in [0.05, 0.1) is 6.61 Å². The van der Waals surface area contributed by atoms with E-state index in [0.29, 0.717) is 5.41 Å². The van der Waals surface area contributed by atoms with Crippen LogP contribution in [-0.2, 0) is 4.84 Å². The second-order valence-electron chi connectivity index (χ2n) is 4.07. The number of hydrogen-bond donors (Lipinski definition) is 1. The van der Waals surface area contributed by atoms with E-state index in [1.165, 1.54) is 0 Å². The van der Waals surface area contributed by atoms with E-state index in [0.717, 1.165) is 18.9 Å². The number of nitrogens with one attached hydrogen (secondary N) is 1. The molecule has 0 amide bonds. The Morgan fingerprint density at radius 2 is 2.00 bits per heavy atom. The van der Waals surface area contributed by atoms with E-state index in [1.54, 1.807) is 7.05 Å². The lowest BCUT2D eigenvalue weighted by molar-refractivity contribution is 0.0645. The van der Waals surface area contributed by atoms with Crippen LogP contribution in [0.3, 0.4) is 0 Å². The van der Waals surface area contributed by atoms with E-state index in [9.17, 15) is 0 Å². The third kappa shape index (κ3) is 7.54. The highest BCUT2D eigenvalue weighted by atomic mass is 16.6. The standard InChI is InChI=1S/C9H20N2O/c1-8(10-5)11-12-7-6-9(2,3)4/h6-7H2,1-5H3,(H,10,11). The first-order chi connectivity index (χ1) is 5.45. The molecule has 0 saturated heterocycles. The molecule has 12 heavy (non-hydrogen) atoms. The summed E-state index contributed by atoms with van der Waals surface area (Å²) in [7, 11) is 1.73. The molecule has 3 heteroatoms. The van der Waals surface area contributed by atoms with Crippen molar-refractivity contribution in [2.75, 3.05) is 13.7 Å². The molecule has 0 saturated carbocycles. The van der Waals surface area contributed by atoms with Crippen LogP contribution in [0.4, 0.5) is 0 Å². The zero-order chi connectivity index (χ0) is 9.61. The summed E-state index contributed by atoms with van der Waals surface area (Å²) in [5.74, 6) is 0.809. The molecule has 0 aromatic rings. The van der Waals surface area contributed by atoms with Crippen LogP contribution >= 0.6 is 0 Å². The van der Waals surface area contributed by atoms with Crippen molar-refractivity contribution >= 4 is 5.84 Å². The van der Waals surface area contributed by atoms with Crippen LogP contribution in [0.15, 0.2) is 4.99 Å². The van der Waals surface area contributed by atoms with Crippen molar-refractivity contribution in [3.63, 3.8) is 0 Å². The number of aliphatic imine (C=N–C) groups is 1. The van der Waals surface area contributed by atoms with Crippen molar-refractivity contribution in [3.8, 4) is 0 Å². The van der Waals surface area contributed by atoms with Gasteiger partial charge in [0.25, 0.3) is 0 Å². The fraction of sp³-hybridized carbons (Fsp3) is 0.889. The van der Waals surface area contributed by atoms with Gasteiger partial charge in [0.2, 0.25) is 0 Å². The molecular weight excluding hydrogens is 152 g/mol. The zero-order valence-electron chi connectivity index (χ0n) is 8.77. The summed E-state index contributed by atoms with van der Waals surface area (Å²) in [6.07, 6.45) is 1.04. The van der Waals surface area contributed by atoms with Crippen LogP contribution in [0, 0.1) is 5.41 Å². The van der Waals surface area contributed by atoms with E-state index < -0.39 is 0 Å². The largest absolute Gasteiger partial charge is 0.275 e. The smallest absolute Gasteiger partial charge is 0.117 e. The molecule has 0 atom stereocenters. The summed E-state index contributed by atoms with van der Waals surface area (Å²) in [6, 6.07) is 0. The second kappa shape index (κ2) is 5.14. The predicted octanol–water partition coefficient (Wildman–Crippen LogP) is 1.99. The Morgan fingerprint density at radius 3 is 2.42 bits per heavy atom. The van der Waals surface area contributed by atoms with Crippen molar-refractivity contribution in [1.29, 1.82) is 0 Å². The molecule has 0 aromatic carbocycles. The van der Waals surface area contributed by atoms with Crippen LogP contribution in [0.1, 0.15) is 34.1 Å². The molecule has 0 bridgehead atoms. The molecule has 0 aliphatic heterocycles. The van der Waals surface area contributed by atoms with Crippen LogP contribution in [0.5, 0.6) is 0 Å². The highest BCUT2D eigenvalue weighted by Gasteiger charge is 2.09. The normalized spacial score (nSPS) is 13.2. The Labute approximate surface area is 75.2 Å². The van der Waals surface area contributed by atoms with Gasteiger partial charge in [-0.25, -0.2) is 0 Å². The topological polar surface area (TPSA) is 33.6 Å². The van der Waals surface area contributed by atoms with Gasteiger partial charge in [0, 0.05) is 7.05 Å². The quantitative estimate of drug-likeness (QED) is 0.306. The van der Waals surface area contributed by atoms with Gasteiger partial charge < -0.3 is 0 Å². The summed E-state index contributed by atoms with van der Waals surface area (Å²) in [6.45, 7) is 9.17. The highest BCUT2D eigenvalue weighted by molar-refractivity contribution is 5.78. The molecule has 1 N–H and O–H groups in total.